The molecular formula is C22H25N3O3S. The van der Waals surface area contributed by atoms with Crippen molar-refractivity contribution >= 4 is 28.7 Å². The van der Waals surface area contributed by atoms with Crippen LogP contribution in [0, 0.1) is 0 Å². The van der Waals surface area contributed by atoms with Gasteiger partial charge in [0, 0.05) is 13.1 Å². The number of carbonyl (C=O) groups is 1. The highest BCUT2D eigenvalue weighted by Crippen LogP contribution is 2.32. The minimum Gasteiger partial charge on any atom is -0.454 e. The molecule has 0 unspecified atom stereocenters. The van der Waals surface area contributed by atoms with Crippen LogP contribution in [0.3, 0.4) is 0 Å². The fourth-order valence-electron chi connectivity index (χ4n) is 3.33. The normalized spacial score (nSPS) is 12.4. The summed E-state index contributed by atoms with van der Waals surface area (Å²) in [5, 5.41) is 3.88. The SMILES string of the molecule is CCCCCn1c(SCC(=O)NCc2ccc3c(c2)OCO3)nc2ccccc21. The molecule has 0 spiro atoms. The maximum Gasteiger partial charge on any atom is 0.231 e. The van der Waals surface area contributed by atoms with Crippen LogP contribution in [0.4, 0.5) is 0 Å². The fraction of sp³-hybridized carbons (Fsp3) is 0.364. The Labute approximate surface area is 174 Å². The second-order valence-corrected chi connectivity index (χ2v) is 7.94. The van der Waals surface area contributed by atoms with Crippen molar-refractivity contribution in [1.82, 2.24) is 14.9 Å². The van der Waals surface area contributed by atoms with Gasteiger partial charge in [-0.1, -0.05) is 49.7 Å². The van der Waals surface area contributed by atoms with Crippen LogP contribution in [0.1, 0.15) is 31.7 Å². The molecule has 2 aromatic carbocycles. The van der Waals surface area contributed by atoms with Crippen LogP contribution in [0.5, 0.6) is 11.5 Å². The van der Waals surface area contributed by atoms with Crippen molar-refractivity contribution < 1.29 is 14.3 Å². The van der Waals surface area contributed by atoms with Gasteiger partial charge in [-0.05, 0) is 36.2 Å². The summed E-state index contributed by atoms with van der Waals surface area (Å²) >= 11 is 1.49. The number of nitrogens with zero attached hydrogens (tertiary/aromatic N) is 2. The van der Waals surface area contributed by atoms with Crippen LogP contribution < -0.4 is 14.8 Å². The maximum absolute atomic E-state index is 12.4. The number of fused-ring (bicyclic) bond motifs is 2. The molecule has 3 aromatic rings. The Morgan fingerprint density at radius 1 is 1.17 bits per heavy atom. The zero-order valence-electron chi connectivity index (χ0n) is 16.5. The molecule has 6 nitrogen and oxygen atoms in total. The van der Waals surface area contributed by atoms with Crippen molar-refractivity contribution in [2.75, 3.05) is 12.5 Å². The van der Waals surface area contributed by atoms with Crippen LogP contribution in [0.25, 0.3) is 11.0 Å². The Morgan fingerprint density at radius 3 is 2.93 bits per heavy atom. The number of aromatic nitrogens is 2. The summed E-state index contributed by atoms with van der Waals surface area (Å²) in [7, 11) is 0. The van der Waals surface area contributed by atoms with Crippen molar-refractivity contribution in [3.63, 3.8) is 0 Å². The molecule has 29 heavy (non-hydrogen) atoms. The van der Waals surface area contributed by atoms with E-state index in [2.05, 4.69) is 22.9 Å². The van der Waals surface area contributed by atoms with Crippen LogP contribution in [0.2, 0.25) is 0 Å². The summed E-state index contributed by atoms with van der Waals surface area (Å²) in [6.45, 7) is 3.84. The highest BCUT2D eigenvalue weighted by molar-refractivity contribution is 7.99. The minimum absolute atomic E-state index is 0.0140. The number of ether oxygens (including phenoxy) is 2. The number of amides is 1. The Hall–Kier alpha value is -2.67. The molecule has 152 valence electrons. The zero-order chi connectivity index (χ0) is 20.1. The predicted molar refractivity (Wildman–Crippen MR) is 114 cm³/mol. The molecule has 1 aromatic heterocycles. The van der Waals surface area contributed by atoms with Gasteiger partial charge in [0.15, 0.2) is 16.7 Å². The Kier molecular flexibility index (Phi) is 6.24. The van der Waals surface area contributed by atoms with Gasteiger partial charge in [0.25, 0.3) is 0 Å². The van der Waals surface area contributed by atoms with E-state index in [-0.39, 0.29) is 12.7 Å². The Morgan fingerprint density at radius 2 is 2.03 bits per heavy atom. The minimum atomic E-state index is -0.0140. The van der Waals surface area contributed by atoms with Crippen molar-refractivity contribution in [3.05, 3.63) is 48.0 Å². The van der Waals surface area contributed by atoms with Gasteiger partial charge in [0.1, 0.15) is 0 Å². The van der Waals surface area contributed by atoms with Crippen molar-refractivity contribution in [2.45, 2.75) is 44.4 Å². The molecule has 1 amide bonds. The van der Waals surface area contributed by atoms with E-state index in [0.717, 1.165) is 46.2 Å². The van der Waals surface area contributed by atoms with Gasteiger partial charge in [-0.15, -0.1) is 0 Å². The van der Waals surface area contributed by atoms with Gasteiger partial charge in [0.05, 0.1) is 16.8 Å². The third kappa shape index (κ3) is 4.67. The second kappa shape index (κ2) is 9.22. The van der Waals surface area contributed by atoms with Crippen LogP contribution in [-0.4, -0.2) is 28.0 Å². The van der Waals surface area contributed by atoms with Gasteiger partial charge < -0.3 is 19.4 Å². The second-order valence-electron chi connectivity index (χ2n) is 6.99. The number of thioether (sulfide) groups is 1. The largest absolute Gasteiger partial charge is 0.454 e. The van der Waals surface area contributed by atoms with Crippen molar-refractivity contribution in [1.29, 1.82) is 0 Å². The first-order valence-corrected chi connectivity index (χ1v) is 11.0. The summed E-state index contributed by atoms with van der Waals surface area (Å²) in [6, 6.07) is 13.9. The standard InChI is InChI=1S/C22H25N3O3S/c1-2-3-6-11-25-18-8-5-4-7-17(18)24-22(25)29-14-21(26)23-13-16-9-10-19-20(12-16)28-15-27-19/h4-5,7-10,12H,2-3,6,11,13-15H2,1H3,(H,23,26). The molecule has 0 radical (unpaired) electrons. The molecule has 0 atom stereocenters. The van der Waals surface area contributed by atoms with E-state index < -0.39 is 0 Å². The number of hydrogen-bond donors (Lipinski definition) is 1. The van der Waals surface area contributed by atoms with Gasteiger partial charge in [0.2, 0.25) is 12.7 Å². The Balaban J connectivity index is 1.36. The number of carbonyl (C=O) groups excluding carboxylic acids is 1. The molecule has 0 fully saturated rings. The van der Waals surface area contributed by atoms with Crippen molar-refractivity contribution in [2.24, 2.45) is 0 Å². The molecule has 0 saturated heterocycles. The summed E-state index contributed by atoms with van der Waals surface area (Å²) in [5.41, 5.74) is 3.10. The smallest absolute Gasteiger partial charge is 0.231 e. The molecular weight excluding hydrogens is 386 g/mol. The summed E-state index contributed by atoms with van der Waals surface area (Å²) in [6.07, 6.45) is 3.48. The monoisotopic (exact) mass is 411 g/mol. The average molecular weight is 412 g/mol. The van der Waals surface area contributed by atoms with Gasteiger partial charge in [-0.3, -0.25) is 4.79 Å². The molecule has 4 rings (SSSR count). The van der Waals surface area contributed by atoms with E-state index in [4.69, 9.17) is 14.5 Å². The molecule has 7 heteroatoms. The van der Waals surface area contributed by atoms with E-state index in [0.29, 0.717) is 12.3 Å². The first-order chi connectivity index (χ1) is 14.2. The first-order valence-electron chi connectivity index (χ1n) is 9.98. The lowest BCUT2D eigenvalue weighted by Gasteiger charge is -2.09. The summed E-state index contributed by atoms with van der Waals surface area (Å²) < 4.78 is 12.9. The number of para-hydroxylation sites is 2. The van der Waals surface area contributed by atoms with Gasteiger partial charge in [-0.25, -0.2) is 4.98 Å². The third-order valence-electron chi connectivity index (χ3n) is 4.86. The van der Waals surface area contributed by atoms with E-state index in [9.17, 15) is 4.79 Å². The zero-order valence-corrected chi connectivity index (χ0v) is 17.3. The predicted octanol–water partition coefficient (Wildman–Crippen LogP) is 4.36. The molecule has 0 saturated carbocycles. The number of unbranched alkanes of at least 4 members (excludes halogenated alkanes) is 2. The Bertz CT molecular complexity index is 1000. The maximum atomic E-state index is 12.4. The lowest BCUT2D eigenvalue weighted by molar-refractivity contribution is -0.118. The first kappa shape index (κ1) is 19.6. The van der Waals surface area contributed by atoms with E-state index in [1.165, 1.54) is 24.6 Å². The van der Waals surface area contributed by atoms with Gasteiger partial charge >= 0.3 is 0 Å². The number of aryl methyl sites for hydroxylation is 1. The number of imidazole rings is 1. The number of nitrogens with one attached hydrogen (secondary N) is 1. The molecule has 1 aliphatic rings. The average Bonchev–Trinajstić information content (AvgIpc) is 3.35. The molecule has 1 aliphatic heterocycles. The van der Waals surface area contributed by atoms with Crippen LogP contribution in [-0.2, 0) is 17.9 Å². The molecule has 0 bridgehead atoms. The number of hydrogen-bond acceptors (Lipinski definition) is 5. The van der Waals surface area contributed by atoms with E-state index in [1.54, 1.807) is 0 Å². The number of benzene rings is 2. The lowest BCUT2D eigenvalue weighted by Crippen LogP contribution is -2.24. The number of rotatable bonds is 9. The highest BCUT2D eigenvalue weighted by Gasteiger charge is 2.15. The fourth-order valence-corrected chi connectivity index (χ4v) is 4.20. The summed E-state index contributed by atoms with van der Waals surface area (Å²) in [5.74, 6) is 1.80. The topological polar surface area (TPSA) is 65.4 Å². The summed E-state index contributed by atoms with van der Waals surface area (Å²) in [4.78, 5) is 17.1. The van der Waals surface area contributed by atoms with E-state index in [1.807, 2.05) is 36.4 Å². The quantitative estimate of drug-likeness (QED) is 0.419. The third-order valence-corrected chi connectivity index (χ3v) is 5.84. The van der Waals surface area contributed by atoms with Crippen LogP contribution >= 0.6 is 11.8 Å². The molecule has 2 heterocycles. The molecule has 0 aliphatic carbocycles. The van der Waals surface area contributed by atoms with Crippen molar-refractivity contribution in [3.8, 4) is 11.5 Å². The molecule has 1 N–H and O–H groups in total. The lowest BCUT2D eigenvalue weighted by atomic mass is 10.2. The van der Waals surface area contributed by atoms with Crippen LogP contribution in [0.15, 0.2) is 47.6 Å². The van der Waals surface area contributed by atoms with Gasteiger partial charge in [-0.2, -0.15) is 0 Å². The highest BCUT2D eigenvalue weighted by atomic mass is 32.2. The van der Waals surface area contributed by atoms with E-state index >= 15 is 0 Å².